The van der Waals surface area contributed by atoms with E-state index >= 15 is 0 Å². The van der Waals surface area contributed by atoms with E-state index in [1.165, 1.54) is 0 Å². The van der Waals surface area contributed by atoms with Gasteiger partial charge in [0, 0.05) is 34.1 Å². The summed E-state index contributed by atoms with van der Waals surface area (Å²) in [5.41, 5.74) is 10.9. The highest BCUT2D eigenvalue weighted by Gasteiger charge is 2.18. The summed E-state index contributed by atoms with van der Waals surface area (Å²) in [6.07, 6.45) is 1.83. The van der Waals surface area contributed by atoms with E-state index in [1.807, 2.05) is 43.5 Å². The molecule has 5 nitrogen and oxygen atoms in total. The summed E-state index contributed by atoms with van der Waals surface area (Å²) in [6, 6.07) is 9.71. The first-order chi connectivity index (χ1) is 12.5. The minimum Gasteiger partial charge on any atom is -0.493 e. The zero-order chi connectivity index (χ0) is 18.4. The third kappa shape index (κ3) is 2.39. The SMILES string of the molecule is CCn1c2c(-c3ccc(OC)c(N)n3)cc(Cl)cc2c2ccnc(C)c21. The van der Waals surface area contributed by atoms with Crippen molar-refractivity contribution < 1.29 is 4.74 Å². The molecule has 0 amide bonds. The third-order valence-corrected chi connectivity index (χ3v) is 4.93. The maximum Gasteiger partial charge on any atom is 0.166 e. The van der Waals surface area contributed by atoms with Gasteiger partial charge in [0.1, 0.15) is 0 Å². The number of nitrogens with zero attached hydrogens (tertiary/aromatic N) is 3. The van der Waals surface area contributed by atoms with Gasteiger partial charge in [0.2, 0.25) is 0 Å². The normalized spacial score (nSPS) is 11.4. The summed E-state index contributed by atoms with van der Waals surface area (Å²) in [4.78, 5) is 9.01. The number of rotatable bonds is 3. The Bertz CT molecular complexity index is 1150. The Morgan fingerprint density at radius 2 is 1.96 bits per heavy atom. The van der Waals surface area contributed by atoms with Gasteiger partial charge in [-0.25, -0.2) is 4.98 Å². The van der Waals surface area contributed by atoms with Crippen LogP contribution in [0.15, 0.2) is 36.5 Å². The Morgan fingerprint density at radius 3 is 2.65 bits per heavy atom. The highest BCUT2D eigenvalue weighted by atomic mass is 35.5. The molecule has 0 atom stereocenters. The van der Waals surface area contributed by atoms with Gasteiger partial charge >= 0.3 is 0 Å². The van der Waals surface area contributed by atoms with Gasteiger partial charge < -0.3 is 15.0 Å². The number of anilines is 1. The Labute approximate surface area is 156 Å². The Morgan fingerprint density at radius 1 is 1.15 bits per heavy atom. The van der Waals surface area contributed by atoms with Gasteiger partial charge in [-0.2, -0.15) is 0 Å². The average Bonchev–Trinajstić information content (AvgIpc) is 2.96. The smallest absolute Gasteiger partial charge is 0.166 e. The minimum atomic E-state index is 0.357. The van der Waals surface area contributed by atoms with Crippen LogP contribution in [-0.2, 0) is 6.54 Å². The number of fused-ring (bicyclic) bond motifs is 3. The average molecular weight is 367 g/mol. The minimum absolute atomic E-state index is 0.357. The number of aromatic nitrogens is 3. The monoisotopic (exact) mass is 366 g/mol. The van der Waals surface area contributed by atoms with Crippen molar-refractivity contribution in [1.29, 1.82) is 0 Å². The van der Waals surface area contributed by atoms with Crippen molar-refractivity contribution in [1.82, 2.24) is 14.5 Å². The molecule has 0 spiro atoms. The summed E-state index contributed by atoms with van der Waals surface area (Å²) < 4.78 is 7.49. The molecule has 4 aromatic rings. The summed E-state index contributed by atoms with van der Waals surface area (Å²) in [5.74, 6) is 0.915. The molecule has 3 heterocycles. The van der Waals surface area contributed by atoms with Gasteiger partial charge in [0.05, 0.1) is 29.5 Å². The second kappa shape index (κ2) is 6.18. The number of hydrogen-bond acceptors (Lipinski definition) is 4. The molecule has 0 aliphatic carbocycles. The van der Waals surface area contributed by atoms with Crippen LogP contribution in [0.25, 0.3) is 33.1 Å². The highest BCUT2D eigenvalue weighted by molar-refractivity contribution is 6.32. The Balaban J connectivity index is 2.15. The number of benzene rings is 1. The third-order valence-electron chi connectivity index (χ3n) is 4.71. The number of ether oxygens (including phenoxy) is 1. The van der Waals surface area contributed by atoms with E-state index in [0.717, 1.165) is 45.3 Å². The molecule has 6 heteroatoms. The van der Waals surface area contributed by atoms with Crippen LogP contribution in [0.3, 0.4) is 0 Å². The number of hydrogen-bond donors (Lipinski definition) is 1. The summed E-state index contributed by atoms with van der Waals surface area (Å²) >= 11 is 6.46. The van der Waals surface area contributed by atoms with Crippen molar-refractivity contribution in [3.63, 3.8) is 0 Å². The van der Waals surface area contributed by atoms with Crippen LogP contribution < -0.4 is 10.5 Å². The molecule has 0 fully saturated rings. The number of aryl methyl sites for hydroxylation is 2. The van der Waals surface area contributed by atoms with Gasteiger partial charge in [-0.15, -0.1) is 0 Å². The van der Waals surface area contributed by atoms with Crippen LogP contribution in [-0.4, -0.2) is 21.6 Å². The second-order valence-corrected chi connectivity index (χ2v) is 6.61. The first-order valence-corrected chi connectivity index (χ1v) is 8.80. The Hall–Kier alpha value is -2.79. The van der Waals surface area contributed by atoms with E-state index < -0.39 is 0 Å². The molecule has 0 saturated heterocycles. The van der Waals surface area contributed by atoms with Gasteiger partial charge in [0.25, 0.3) is 0 Å². The molecule has 2 N–H and O–H groups in total. The maximum atomic E-state index is 6.46. The van der Waals surface area contributed by atoms with Gasteiger partial charge in [-0.05, 0) is 44.2 Å². The van der Waals surface area contributed by atoms with E-state index in [0.29, 0.717) is 16.6 Å². The lowest BCUT2D eigenvalue weighted by Crippen LogP contribution is -2.00. The van der Waals surface area contributed by atoms with Crippen LogP contribution in [0.5, 0.6) is 5.75 Å². The number of pyridine rings is 2. The summed E-state index contributed by atoms with van der Waals surface area (Å²) in [7, 11) is 1.58. The molecular weight excluding hydrogens is 348 g/mol. The molecule has 0 unspecified atom stereocenters. The predicted molar refractivity (Wildman–Crippen MR) is 107 cm³/mol. The molecule has 0 bridgehead atoms. The van der Waals surface area contributed by atoms with Crippen molar-refractivity contribution in [3.8, 4) is 17.0 Å². The first-order valence-electron chi connectivity index (χ1n) is 8.43. The zero-order valence-electron chi connectivity index (χ0n) is 14.9. The fourth-order valence-electron chi connectivity index (χ4n) is 3.62. The molecule has 3 aromatic heterocycles. The topological polar surface area (TPSA) is 66.0 Å². The van der Waals surface area contributed by atoms with Crippen molar-refractivity contribution in [2.24, 2.45) is 0 Å². The Kier molecular flexibility index (Phi) is 3.96. The van der Waals surface area contributed by atoms with E-state index in [9.17, 15) is 0 Å². The van der Waals surface area contributed by atoms with Crippen LogP contribution in [0.2, 0.25) is 5.02 Å². The number of methoxy groups -OCH3 is 1. The lowest BCUT2D eigenvalue weighted by Gasteiger charge is -2.11. The maximum absolute atomic E-state index is 6.46. The van der Waals surface area contributed by atoms with E-state index in [1.54, 1.807) is 7.11 Å². The van der Waals surface area contributed by atoms with Crippen LogP contribution in [0.1, 0.15) is 12.6 Å². The lowest BCUT2D eigenvalue weighted by molar-refractivity contribution is 0.415. The lowest BCUT2D eigenvalue weighted by atomic mass is 10.1. The molecule has 4 rings (SSSR count). The summed E-state index contributed by atoms with van der Waals surface area (Å²) in [6.45, 7) is 4.96. The molecule has 0 aliphatic rings. The quantitative estimate of drug-likeness (QED) is 0.564. The highest BCUT2D eigenvalue weighted by Crippen LogP contribution is 2.39. The van der Waals surface area contributed by atoms with Gasteiger partial charge in [-0.3, -0.25) is 4.98 Å². The van der Waals surface area contributed by atoms with E-state index in [-0.39, 0.29) is 0 Å². The van der Waals surface area contributed by atoms with Crippen LogP contribution in [0.4, 0.5) is 5.82 Å². The zero-order valence-corrected chi connectivity index (χ0v) is 15.6. The fraction of sp³-hybridized carbons (Fsp3) is 0.200. The van der Waals surface area contributed by atoms with Crippen molar-refractivity contribution in [3.05, 3.63) is 47.2 Å². The molecule has 1 aromatic carbocycles. The number of halogens is 1. The van der Waals surface area contributed by atoms with E-state index in [2.05, 4.69) is 21.5 Å². The second-order valence-electron chi connectivity index (χ2n) is 6.17. The van der Waals surface area contributed by atoms with Crippen LogP contribution in [0, 0.1) is 6.92 Å². The molecule has 0 saturated carbocycles. The fourth-order valence-corrected chi connectivity index (χ4v) is 3.84. The van der Waals surface area contributed by atoms with Crippen LogP contribution >= 0.6 is 11.6 Å². The number of nitrogen functional groups attached to an aromatic ring is 1. The van der Waals surface area contributed by atoms with Gasteiger partial charge in [0.15, 0.2) is 11.6 Å². The van der Waals surface area contributed by atoms with Crippen molar-refractivity contribution >= 4 is 39.2 Å². The van der Waals surface area contributed by atoms with E-state index in [4.69, 9.17) is 22.1 Å². The standard InChI is InChI=1S/C20H19ClN4O/c1-4-25-18-11(2)23-8-7-13(18)14-9-12(21)10-15(19(14)25)16-5-6-17(26-3)20(22)24-16/h5-10H,4H2,1-3H3,(H2,22,24). The van der Waals surface area contributed by atoms with Crippen molar-refractivity contribution in [2.75, 3.05) is 12.8 Å². The molecule has 132 valence electrons. The molecule has 26 heavy (non-hydrogen) atoms. The molecule has 0 radical (unpaired) electrons. The largest absolute Gasteiger partial charge is 0.493 e. The van der Waals surface area contributed by atoms with Crippen molar-refractivity contribution in [2.45, 2.75) is 20.4 Å². The first kappa shape index (κ1) is 16.7. The van der Waals surface area contributed by atoms with Gasteiger partial charge in [-0.1, -0.05) is 11.6 Å². The predicted octanol–water partition coefficient (Wildman–Crippen LogP) is 4.82. The summed E-state index contributed by atoms with van der Waals surface area (Å²) in [5, 5.41) is 2.89. The molecule has 0 aliphatic heterocycles. The molecular formula is C20H19ClN4O. The number of nitrogens with two attached hydrogens (primary N) is 1.